The number of nitrogens with zero attached hydrogens (tertiary/aromatic N) is 10. The molecule has 5 aromatic rings. The first-order chi connectivity index (χ1) is 11.8. The van der Waals surface area contributed by atoms with Gasteiger partial charge in [-0.15, -0.1) is 5.10 Å². The zero-order chi connectivity index (χ0) is 16.1. The summed E-state index contributed by atoms with van der Waals surface area (Å²) < 4.78 is 6.93. The van der Waals surface area contributed by atoms with E-state index in [9.17, 15) is 0 Å². The maximum Gasteiger partial charge on any atom is 0.202 e. The third-order valence-corrected chi connectivity index (χ3v) is 3.79. The topological polar surface area (TPSA) is 96.5 Å². The molecule has 0 saturated heterocycles. The van der Waals surface area contributed by atoms with Crippen molar-refractivity contribution in [3.05, 3.63) is 43.2 Å². The van der Waals surface area contributed by atoms with Crippen LogP contribution in [0, 0.1) is 0 Å². The smallest absolute Gasteiger partial charge is 0.202 e. The van der Waals surface area contributed by atoms with Gasteiger partial charge in [-0.25, -0.2) is 14.5 Å². The molecular weight excluding hydrogens is 308 g/mol. The molecule has 0 bridgehead atoms. The maximum absolute atomic E-state index is 4.60. The van der Waals surface area contributed by atoms with Gasteiger partial charge >= 0.3 is 0 Å². The average Bonchev–Trinajstić information content (AvgIpc) is 3.33. The van der Waals surface area contributed by atoms with Crippen LogP contribution in [0.25, 0.3) is 28.2 Å². The van der Waals surface area contributed by atoms with E-state index in [-0.39, 0.29) is 0 Å². The minimum Gasteiger partial charge on any atom is -0.251 e. The molecule has 10 heteroatoms. The first-order valence-corrected chi connectivity index (χ1v) is 7.32. The van der Waals surface area contributed by atoms with Gasteiger partial charge in [-0.05, 0) is 12.1 Å². The van der Waals surface area contributed by atoms with E-state index in [1.165, 1.54) is 0 Å². The highest BCUT2D eigenvalue weighted by Crippen LogP contribution is 2.19. The summed E-state index contributed by atoms with van der Waals surface area (Å²) in [6.07, 6.45) is 8.87. The zero-order valence-corrected chi connectivity index (χ0v) is 12.7. The van der Waals surface area contributed by atoms with E-state index in [1.54, 1.807) is 37.3 Å². The number of fused-ring (bicyclic) bond motifs is 3. The van der Waals surface area contributed by atoms with E-state index in [0.29, 0.717) is 23.8 Å². The molecular formula is C14H12N10. The van der Waals surface area contributed by atoms with Crippen molar-refractivity contribution < 1.29 is 0 Å². The molecule has 0 aromatic carbocycles. The Morgan fingerprint density at radius 1 is 1.04 bits per heavy atom. The van der Waals surface area contributed by atoms with Crippen molar-refractivity contribution >= 4 is 16.7 Å². The second-order valence-corrected chi connectivity index (χ2v) is 5.38. The van der Waals surface area contributed by atoms with E-state index in [1.807, 2.05) is 31.6 Å². The van der Waals surface area contributed by atoms with Crippen LogP contribution in [0.1, 0.15) is 0 Å². The molecule has 0 unspecified atom stereocenters. The van der Waals surface area contributed by atoms with E-state index in [2.05, 4.69) is 30.4 Å². The van der Waals surface area contributed by atoms with Crippen molar-refractivity contribution in [2.24, 2.45) is 7.05 Å². The highest BCUT2D eigenvalue weighted by Gasteiger charge is 2.14. The minimum atomic E-state index is 0.536. The van der Waals surface area contributed by atoms with Crippen molar-refractivity contribution in [1.29, 1.82) is 0 Å². The van der Waals surface area contributed by atoms with Gasteiger partial charge in [-0.2, -0.15) is 15.3 Å². The molecule has 10 nitrogen and oxygen atoms in total. The molecule has 0 aliphatic carbocycles. The Balaban J connectivity index is 1.57. The summed E-state index contributed by atoms with van der Waals surface area (Å²) in [4.78, 5) is 8.95. The van der Waals surface area contributed by atoms with Crippen LogP contribution in [0.2, 0.25) is 0 Å². The van der Waals surface area contributed by atoms with Crippen molar-refractivity contribution in [2.45, 2.75) is 6.67 Å². The second kappa shape index (κ2) is 4.72. The fourth-order valence-corrected chi connectivity index (χ4v) is 2.64. The molecule has 5 heterocycles. The lowest BCUT2D eigenvalue weighted by atomic mass is 10.4. The van der Waals surface area contributed by atoms with E-state index in [0.717, 1.165) is 11.0 Å². The van der Waals surface area contributed by atoms with Gasteiger partial charge in [0.1, 0.15) is 18.7 Å². The van der Waals surface area contributed by atoms with Crippen LogP contribution in [-0.4, -0.2) is 48.9 Å². The molecule has 0 N–H and O–H groups in total. The van der Waals surface area contributed by atoms with Crippen molar-refractivity contribution in [1.82, 2.24) is 48.9 Å². The fraction of sp³-hybridized carbons (Fsp3) is 0.143. The van der Waals surface area contributed by atoms with E-state index < -0.39 is 0 Å². The zero-order valence-electron chi connectivity index (χ0n) is 12.7. The molecule has 0 aliphatic heterocycles. The Bertz CT molecular complexity index is 1140. The molecule has 0 atom stereocenters. The summed E-state index contributed by atoms with van der Waals surface area (Å²) in [5.41, 5.74) is 2.18. The monoisotopic (exact) mass is 320 g/mol. The number of aryl methyl sites for hydroxylation is 1. The number of hydrogen-bond acceptors (Lipinski definition) is 6. The first-order valence-electron chi connectivity index (χ1n) is 7.32. The van der Waals surface area contributed by atoms with Crippen LogP contribution in [0.15, 0.2) is 43.2 Å². The largest absolute Gasteiger partial charge is 0.251 e. The van der Waals surface area contributed by atoms with Gasteiger partial charge < -0.3 is 0 Å². The van der Waals surface area contributed by atoms with Gasteiger partial charge in [0.2, 0.25) is 5.82 Å². The van der Waals surface area contributed by atoms with Gasteiger partial charge in [0.25, 0.3) is 0 Å². The Morgan fingerprint density at radius 2 is 2.00 bits per heavy atom. The molecule has 24 heavy (non-hydrogen) atoms. The Labute approximate surface area is 135 Å². The number of hydrogen-bond donors (Lipinski definition) is 0. The molecule has 5 aromatic heterocycles. The standard InChI is InChI=1S/C14H12N10/c1-21-13-10(7-17-21)14-18-12(20-24(14)8-15-13)11-3-6-23(19-11)9-22-5-2-4-16-22/h2-8H,9H2,1H3. The van der Waals surface area contributed by atoms with Crippen LogP contribution in [0.5, 0.6) is 0 Å². The Morgan fingerprint density at radius 3 is 2.88 bits per heavy atom. The first kappa shape index (κ1) is 12.9. The number of aromatic nitrogens is 10. The van der Waals surface area contributed by atoms with Crippen LogP contribution < -0.4 is 0 Å². The molecule has 0 aliphatic rings. The fourth-order valence-electron chi connectivity index (χ4n) is 2.64. The number of rotatable bonds is 3. The predicted octanol–water partition coefficient (Wildman–Crippen LogP) is 0.577. The van der Waals surface area contributed by atoms with Gasteiger partial charge in [-0.3, -0.25) is 14.0 Å². The van der Waals surface area contributed by atoms with Crippen LogP contribution in [0.4, 0.5) is 0 Å². The molecule has 0 radical (unpaired) electrons. The summed E-state index contributed by atoms with van der Waals surface area (Å²) in [7, 11) is 1.85. The highest BCUT2D eigenvalue weighted by atomic mass is 15.4. The van der Waals surface area contributed by atoms with Gasteiger partial charge in [-0.1, -0.05) is 0 Å². The van der Waals surface area contributed by atoms with Crippen LogP contribution in [0.3, 0.4) is 0 Å². The summed E-state index contributed by atoms with van der Waals surface area (Å²) >= 11 is 0. The minimum absolute atomic E-state index is 0.536. The normalized spacial score (nSPS) is 11.7. The van der Waals surface area contributed by atoms with Gasteiger partial charge in [0.15, 0.2) is 11.3 Å². The molecule has 0 amide bonds. The third-order valence-electron chi connectivity index (χ3n) is 3.79. The molecule has 0 fully saturated rings. The molecule has 118 valence electrons. The second-order valence-electron chi connectivity index (χ2n) is 5.38. The van der Waals surface area contributed by atoms with Crippen molar-refractivity contribution in [3.63, 3.8) is 0 Å². The Kier molecular flexibility index (Phi) is 2.54. The molecule has 5 rings (SSSR count). The summed E-state index contributed by atoms with van der Waals surface area (Å²) in [6, 6.07) is 3.76. The van der Waals surface area contributed by atoms with Gasteiger partial charge in [0, 0.05) is 25.6 Å². The molecule has 0 saturated carbocycles. The van der Waals surface area contributed by atoms with E-state index >= 15 is 0 Å². The SMILES string of the molecule is Cn1ncc2c1ncn1nc(-c3ccn(Cn4cccn4)n3)nc21. The van der Waals surface area contributed by atoms with Crippen molar-refractivity contribution in [2.75, 3.05) is 0 Å². The lowest BCUT2D eigenvalue weighted by molar-refractivity contribution is 0.504. The predicted molar refractivity (Wildman–Crippen MR) is 83.9 cm³/mol. The van der Waals surface area contributed by atoms with Gasteiger partial charge in [0.05, 0.1) is 11.6 Å². The van der Waals surface area contributed by atoms with Crippen molar-refractivity contribution in [3.8, 4) is 11.5 Å². The summed E-state index contributed by atoms with van der Waals surface area (Å²) in [5, 5.41) is 18.2. The third kappa shape index (κ3) is 1.89. The van der Waals surface area contributed by atoms with Crippen LogP contribution >= 0.6 is 0 Å². The highest BCUT2D eigenvalue weighted by molar-refractivity contribution is 5.88. The lowest BCUT2D eigenvalue weighted by Gasteiger charge is -2.00. The Hall–Kier alpha value is -3.56. The lowest BCUT2D eigenvalue weighted by Crippen LogP contribution is -2.08. The average molecular weight is 320 g/mol. The summed E-state index contributed by atoms with van der Waals surface area (Å²) in [6.45, 7) is 0.536. The van der Waals surface area contributed by atoms with Crippen LogP contribution in [-0.2, 0) is 13.7 Å². The molecule has 0 spiro atoms. The summed E-state index contributed by atoms with van der Waals surface area (Å²) in [5.74, 6) is 0.548. The maximum atomic E-state index is 4.60. The van der Waals surface area contributed by atoms with E-state index in [4.69, 9.17) is 0 Å². The quantitative estimate of drug-likeness (QED) is 0.482.